The molecule has 0 atom stereocenters. The van der Waals surface area contributed by atoms with Crippen molar-refractivity contribution in [2.24, 2.45) is 0 Å². The van der Waals surface area contributed by atoms with E-state index < -0.39 is 0 Å². The fourth-order valence-corrected chi connectivity index (χ4v) is 2.64. The van der Waals surface area contributed by atoms with Crippen LogP contribution in [0.1, 0.15) is 11.1 Å². The average Bonchev–Trinajstić information content (AvgIpc) is 3.03. The van der Waals surface area contributed by atoms with Crippen molar-refractivity contribution in [1.29, 1.82) is 0 Å². The van der Waals surface area contributed by atoms with Crippen molar-refractivity contribution in [3.63, 3.8) is 0 Å². The van der Waals surface area contributed by atoms with Crippen LogP contribution in [0.5, 0.6) is 0 Å². The maximum Gasteiger partial charge on any atom is 0.163 e. The smallest absolute Gasteiger partial charge is 0.163 e. The third-order valence-electron chi connectivity index (χ3n) is 3.99. The minimum atomic E-state index is -0.274. The molecule has 0 radical (unpaired) electrons. The molecule has 2 aromatic carbocycles. The van der Waals surface area contributed by atoms with Gasteiger partial charge in [0.2, 0.25) is 0 Å². The molecule has 0 saturated carbocycles. The second-order valence-electron chi connectivity index (χ2n) is 5.88. The minimum absolute atomic E-state index is 0.274. The SMILES string of the molecule is Cc1ccc(Cn2ncc3c(Nc4ccc(F)cc4)ncnc32)cc1. The molecule has 2 heterocycles. The zero-order chi connectivity index (χ0) is 17.2. The molecule has 1 N–H and O–H groups in total. The van der Waals surface area contributed by atoms with Crippen LogP contribution in [0.2, 0.25) is 0 Å². The number of aromatic nitrogens is 4. The summed E-state index contributed by atoms with van der Waals surface area (Å²) in [6, 6.07) is 14.5. The largest absolute Gasteiger partial charge is 0.340 e. The van der Waals surface area contributed by atoms with Crippen LogP contribution in [0, 0.1) is 12.7 Å². The number of aryl methyl sites for hydroxylation is 1. The predicted octanol–water partition coefficient (Wildman–Crippen LogP) is 4.07. The summed E-state index contributed by atoms with van der Waals surface area (Å²) in [6.45, 7) is 2.70. The fraction of sp³-hybridized carbons (Fsp3) is 0.105. The molecule has 0 aliphatic rings. The van der Waals surface area contributed by atoms with Gasteiger partial charge < -0.3 is 5.32 Å². The molecule has 4 aromatic rings. The lowest BCUT2D eigenvalue weighted by atomic mass is 10.1. The standard InChI is InChI=1S/C19H16FN5/c1-13-2-4-14(5-3-13)11-25-19-17(10-23-25)18(21-12-22-19)24-16-8-6-15(20)7-9-16/h2-10,12H,11H2,1H3,(H,21,22,24). The number of fused-ring (bicyclic) bond motifs is 1. The molecule has 0 spiro atoms. The number of halogens is 1. The maximum absolute atomic E-state index is 13.0. The van der Waals surface area contributed by atoms with E-state index >= 15 is 0 Å². The number of rotatable bonds is 4. The van der Waals surface area contributed by atoms with E-state index in [0.29, 0.717) is 12.4 Å². The molecular weight excluding hydrogens is 317 g/mol. The van der Waals surface area contributed by atoms with Crippen LogP contribution in [0.3, 0.4) is 0 Å². The van der Waals surface area contributed by atoms with Gasteiger partial charge in [-0.05, 0) is 36.8 Å². The number of anilines is 2. The van der Waals surface area contributed by atoms with Gasteiger partial charge in [-0.2, -0.15) is 5.10 Å². The Bertz CT molecular complexity index is 1010. The summed E-state index contributed by atoms with van der Waals surface area (Å²) < 4.78 is 14.9. The summed E-state index contributed by atoms with van der Waals surface area (Å²) in [5.74, 6) is 0.371. The van der Waals surface area contributed by atoms with E-state index in [1.54, 1.807) is 18.3 Å². The first-order valence-electron chi connectivity index (χ1n) is 7.94. The first-order valence-corrected chi connectivity index (χ1v) is 7.94. The summed E-state index contributed by atoms with van der Waals surface area (Å²) in [5, 5.41) is 8.45. The van der Waals surface area contributed by atoms with E-state index in [4.69, 9.17) is 0 Å². The van der Waals surface area contributed by atoms with Crippen molar-refractivity contribution in [2.75, 3.05) is 5.32 Å². The minimum Gasteiger partial charge on any atom is -0.340 e. The van der Waals surface area contributed by atoms with E-state index in [1.165, 1.54) is 24.0 Å². The molecule has 0 fully saturated rings. The van der Waals surface area contributed by atoms with Gasteiger partial charge in [0, 0.05) is 5.69 Å². The van der Waals surface area contributed by atoms with Crippen LogP contribution in [-0.4, -0.2) is 19.7 Å². The maximum atomic E-state index is 13.0. The van der Waals surface area contributed by atoms with Crippen LogP contribution in [0.4, 0.5) is 15.9 Å². The Morgan fingerprint density at radius 3 is 2.52 bits per heavy atom. The zero-order valence-corrected chi connectivity index (χ0v) is 13.6. The Kier molecular flexibility index (Phi) is 3.85. The normalized spacial score (nSPS) is 11.0. The Hall–Kier alpha value is -3.28. The van der Waals surface area contributed by atoms with E-state index in [0.717, 1.165) is 22.3 Å². The van der Waals surface area contributed by atoms with Crippen molar-refractivity contribution < 1.29 is 4.39 Å². The average molecular weight is 333 g/mol. The lowest BCUT2D eigenvalue weighted by molar-refractivity contribution is 0.628. The molecule has 6 heteroatoms. The van der Waals surface area contributed by atoms with Crippen LogP contribution >= 0.6 is 0 Å². The van der Waals surface area contributed by atoms with E-state index in [-0.39, 0.29) is 5.82 Å². The topological polar surface area (TPSA) is 55.6 Å². The third kappa shape index (κ3) is 3.19. The molecule has 0 bridgehead atoms. The fourth-order valence-electron chi connectivity index (χ4n) is 2.64. The van der Waals surface area contributed by atoms with Gasteiger partial charge in [-0.3, -0.25) is 0 Å². The summed E-state index contributed by atoms with van der Waals surface area (Å²) in [4.78, 5) is 8.65. The lowest BCUT2D eigenvalue weighted by Gasteiger charge is -2.07. The van der Waals surface area contributed by atoms with Crippen molar-refractivity contribution >= 4 is 22.5 Å². The molecule has 5 nitrogen and oxygen atoms in total. The summed E-state index contributed by atoms with van der Waals surface area (Å²) in [5.41, 5.74) is 3.89. The number of hydrogen-bond acceptors (Lipinski definition) is 4. The quantitative estimate of drug-likeness (QED) is 0.612. The number of nitrogens with zero attached hydrogens (tertiary/aromatic N) is 4. The Morgan fingerprint density at radius 1 is 1.00 bits per heavy atom. The van der Waals surface area contributed by atoms with Crippen molar-refractivity contribution in [1.82, 2.24) is 19.7 Å². The highest BCUT2D eigenvalue weighted by Gasteiger charge is 2.10. The molecule has 0 aliphatic carbocycles. The highest BCUT2D eigenvalue weighted by molar-refractivity contribution is 5.88. The molecule has 0 saturated heterocycles. The predicted molar refractivity (Wildman–Crippen MR) is 95.3 cm³/mol. The number of benzene rings is 2. The van der Waals surface area contributed by atoms with Crippen LogP contribution in [-0.2, 0) is 6.54 Å². The van der Waals surface area contributed by atoms with Crippen LogP contribution < -0.4 is 5.32 Å². The molecule has 2 aromatic heterocycles. The van der Waals surface area contributed by atoms with Crippen molar-refractivity contribution in [3.8, 4) is 0 Å². The molecule has 4 rings (SSSR count). The van der Waals surface area contributed by atoms with E-state index in [2.05, 4.69) is 51.6 Å². The first-order chi connectivity index (χ1) is 12.2. The highest BCUT2D eigenvalue weighted by atomic mass is 19.1. The van der Waals surface area contributed by atoms with E-state index in [9.17, 15) is 4.39 Å². The Balaban J connectivity index is 1.65. The summed E-state index contributed by atoms with van der Waals surface area (Å²) in [7, 11) is 0. The highest BCUT2D eigenvalue weighted by Crippen LogP contribution is 2.23. The summed E-state index contributed by atoms with van der Waals surface area (Å²) >= 11 is 0. The van der Waals surface area contributed by atoms with E-state index in [1.807, 2.05) is 4.68 Å². The molecule has 0 aliphatic heterocycles. The van der Waals surface area contributed by atoms with Gasteiger partial charge in [0.05, 0.1) is 18.1 Å². The second-order valence-corrected chi connectivity index (χ2v) is 5.88. The summed E-state index contributed by atoms with van der Waals surface area (Å²) in [6.07, 6.45) is 3.25. The van der Waals surface area contributed by atoms with Gasteiger partial charge in [0.15, 0.2) is 5.65 Å². The molecule has 25 heavy (non-hydrogen) atoms. The number of nitrogens with one attached hydrogen (secondary N) is 1. The Morgan fingerprint density at radius 2 is 1.76 bits per heavy atom. The molecule has 124 valence electrons. The van der Waals surface area contributed by atoms with Gasteiger partial charge >= 0.3 is 0 Å². The van der Waals surface area contributed by atoms with Gasteiger partial charge in [0.25, 0.3) is 0 Å². The lowest BCUT2D eigenvalue weighted by Crippen LogP contribution is -2.03. The molecule has 0 unspecified atom stereocenters. The Labute approximate surface area is 144 Å². The van der Waals surface area contributed by atoms with Crippen LogP contribution in [0.15, 0.2) is 61.1 Å². The number of hydrogen-bond donors (Lipinski definition) is 1. The van der Waals surface area contributed by atoms with Gasteiger partial charge in [0.1, 0.15) is 18.0 Å². The molecule has 0 amide bonds. The van der Waals surface area contributed by atoms with Gasteiger partial charge in [-0.25, -0.2) is 19.0 Å². The second kappa shape index (κ2) is 6.32. The van der Waals surface area contributed by atoms with Gasteiger partial charge in [-0.1, -0.05) is 29.8 Å². The molecular formula is C19H16FN5. The first kappa shape index (κ1) is 15.3. The zero-order valence-electron chi connectivity index (χ0n) is 13.6. The third-order valence-corrected chi connectivity index (χ3v) is 3.99. The van der Waals surface area contributed by atoms with Crippen LogP contribution in [0.25, 0.3) is 11.0 Å². The van der Waals surface area contributed by atoms with Gasteiger partial charge in [-0.15, -0.1) is 0 Å². The van der Waals surface area contributed by atoms with Crippen molar-refractivity contribution in [3.05, 3.63) is 78.0 Å². The van der Waals surface area contributed by atoms with Crippen molar-refractivity contribution in [2.45, 2.75) is 13.5 Å². The monoisotopic (exact) mass is 333 g/mol.